The number of hydrogen-bond donors (Lipinski definition) is 1. The standard InChI is InChI=1S/C36H39BrClN3O5S/c1-5-26(3)39-36(43)33(21-27-10-7-6-8-11-27)40(23-28-12-9-13-29(38)20-28)35(42)24-41(30-16-14-25(2)15-17-30)47(44,45)31-18-19-34(46-4)32(37)22-31/h6-20,22,26,33H,5,21,23-24H2,1-4H3,(H,39,43)/t26-,33+/m0/s1. The summed E-state index contributed by atoms with van der Waals surface area (Å²) in [4.78, 5) is 30.0. The number of nitrogens with zero attached hydrogens (tertiary/aromatic N) is 2. The highest BCUT2D eigenvalue weighted by Crippen LogP contribution is 2.31. The van der Waals surface area contributed by atoms with Gasteiger partial charge in [0.05, 0.1) is 22.2 Å². The van der Waals surface area contributed by atoms with Crippen molar-refractivity contribution in [3.63, 3.8) is 0 Å². The van der Waals surface area contributed by atoms with Gasteiger partial charge in [-0.3, -0.25) is 13.9 Å². The van der Waals surface area contributed by atoms with Crippen molar-refractivity contribution in [3.05, 3.63) is 123 Å². The van der Waals surface area contributed by atoms with Crippen LogP contribution in [0.5, 0.6) is 5.75 Å². The highest BCUT2D eigenvalue weighted by atomic mass is 79.9. The SMILES string of the molecule is CC[C@H](C)NC(=O)[C@@H](Cc1ccccc1)N(Cc1cccc(Cl)c1)C(=O)CN(c1ccc(C)cc1)S(=O)(=O)c1ccc(OC)c(Br)c1. The van der Waals surface area contributed by atoms with Gasteiger partial charge in [-0.1, -0.05) is 78.7 Å². The van der Waals surface area contributed by atoms with Crippen molar-refractivity contribution in [2.24, 2.45) is 0 Å². The van der Waals surface area contributed by atoms with Crippen LogP contribution < -0.4 is 14.4 Å². The molecule has 0 aliphatic rings. The molecule has 11 heteroatoms. The topological polar surface area (TPSA) is 96.0 Å². The molecule has 0 fully saturated rings. The first kappa shape index (κ1) is 36.0. The Morgan fingerprint density at radius 3 is 2.23 bits per heavy atom. The monoisotopic (exact) mass is 739 g/mol. The second-order valence-electron chi connectivity index (χ2n) is 11.3. The van der Waals surface area contributed by atoms with Crippen LogP contribution in [0, 0.1) is 6.92 Å². The molecule has 4 aromatic carbocycles. The average Bonchev–Trinajstić information content (AvgIpc) is 3.05. The lowest BCUT2D eigenvalue weighted by molar-refractivity contribution is -0.140. The predicted octanol–water partition coefficient (Wildman–Crippen LogP) is 7.17. The maximum Gasteiger partial charge on any atom is 0.264 e. The first-order valence-corrected chi connectivity index (χ1v) is 17.8. The quantitative estimate of drug-likeness (QED) is 0.148. The number of aryl methyl sites for hydroxylation is 1. The predicted molar refractivity (Wildman–Crippen MR) is 190 cm³/mol. The fraction of sp³-hybridized carbons (Fsp3) is 0.278. The molecule has 0 heterocycles. The summed E-state index contributed by atoms with van der Waals surface area (Å²) in [5.74, 6) is -0.421. The molecule has 47 heavy (non-hydrogen) atoms. The molecule has 2 amide bonds. The molecule has 0 radical (unpaired) electrons. The zero-order valence-corrected chi connectivity index (χ0v) is 30.0. The molecule has 0 aliphatic carbocycles. The Balaban J connectivity index is 1.82. The number of amides is 2. The summed E-state index contributed by atoms with van der Waals surface area (Å²) in [6.45, 7) is 5.23. The normalized spacial score (nSPS) is 12.6. The van der Waals surface area contributed by atoms with Gasteiger partial charge in [-0.05, 0) is 89.8 Å². The van der Waals surface area contributed by atoms with Gasteiger partial charge in [0.1, 0.15) is 18.3 Å². The maximum atomic E-state index is 14.6. The van der Waals surface area contributed by atoms with Crippen molar-refractivity contribution in [1.29, 1.82) is 0 Å². The first-order valence-electron chi connectivity index (χ1n) is 15.2. The number of rotatable bonds is 14. The molecule has 0 aliphatic heterocycles. The Morgan fingerprint density at radius 1 is 0.936 bits per heavy atom. The lowest BCUT2D eigenvalue weighted by Gasteiger charge is -2.34. The summed E-state index contributed by atoms with van der Waals surface area (Å²) in [6, 6.07) is 26.7. The molecular formula is C36H39BrClN3O5S. The number of carbonyl (C=O) groups excluding carboxylic acids is 2. The van der Waals surface area contributed by atoms with Crippen LogP contribution >= 0.6 is 27.5 Å². The summed E-state index contributed by atoms with van der Waals surface area (Å²) in [6.07, 6.45) is 0.918. The zero-order chi connectivity index (χ0) is 34.1. The number of anilines is 1. The zero-order valence-electron chi connectivity index (χ0n) is 26.8. The van der Waals surface area contributed by atoms with Gasteiger partial charge in [0, 0.05) is 24.0 Å². The number of ether oxygens (including phenoxy) is 1. The van der Waals surface area contributed by atoms with Crippen molar-refractivity contribution < 1.29 is 22.7 Å². The van der Waals surface area contributed by atoms with E-state index in [1.165, 1.54) is 24.1 Å². The molecule has 0 saturated carbocycles. The van der Waals surface area contributed by atoms with E-state index >= 15 is 0 Å². The second-order valence-corrected chi connectivity index (χ2v) is 14.5. The highest BCUT2D eigenvalue weighted by molar-refractivity contribution is 9.10. The van der Waals surface area contributed by atoms with Gasteiger partial charge < -0.3 is 15.0 Å². The van der Waals surface area contributed by atoms with E-state index in [1.54, 1.807) is 48.5 Å². The minimum Gasteiger partial charge on any atom is -0.496 e. The van der Waals surface area contributed by atoms with Gasteiger partial charge in [-0.25, -0.2) is 8.42 Å². The van der Waals surface area contributed by atoms with Crippen LogP contribution in [0.25, 0.3) is 0 Å². The molecule has 1 N–H and O–H groups in total. The lowest BCUT2D eigenvalue weighted by atomic mass is 10.0. The third kappa shape index (κ3) is 9.37. The molecule has 0 spiro atoms. The lowest BCUT2D eigenvalue weighted by Crippen LogP contribution is -2.54. The molecule has 2 atom stereocenters. The van der Waals surface area contributed by atoms with E-state index in [0.29, 0.717) is 32.9 Å². The second kappa shape index (κ2) is 16.3. The summed E-state index contributed by atoms with van der Waals surface area (Å²) in [5.41, 5.74) is 2.79. The minimum atomic E-state index is -4.27. The number of nitrogens with one attached hydrogen (secondary N) is 1. The number of hydrogen-bond acceptors (Lipinski definition) is 5. The van der Waals surface area contributed by atoms with Crippen molar-refractivity contribution >= 4 is 55.1 Å². The smallest absolute Gasteiger partial charge is 0.264 e. The van der Waals surface area contributed by atoms with E-state index in [4.69, 9.17) is 16.3 Å². The third-order valence-electron chi connectivity index (χ3n) is 7.83. The molecule has 0 aromatic heterocycles. The Hall–Kier alpha value is -3.86. The Kier molecular flexibility index (Phi) is 12.5. The van der Waals surface area contributed by atoms with Gasteiger partial charge in [-0.15, -0.1) is 0 Å². The van der Waals surface area contributed by atoms with Gasteiger partial charge in [0.2, 0.25) is 11.8 Å². The largest absolute Gasteiger partial charge is 0.496 e. The number of benzene rings is 4. The van der Waals surface area contributed by atoms with E-state index in [2.05, 4.69) is 21.2 Å². The molecule has 8 nitrogen and oxygen atoms in total. The van der Waals surface area contributed by atoms with Crippen LogP contribution in [0.4, 0.5) is 5.69 Å². The van der Waals surface area contributed by atoms with Gasteiger partial charge in [0.25, 0.3) is 10.0 Å². The highest BCUT2D eigenvalue weighted by Gasteiger charge is 2.35. The molecular weight excluding hydrogens is 702 g/mol. The van der Waals surface area contributed by atoms with E-state index in [-0.39, 0.29) is 29.8 Å². The third-order valence-corrected chi connectivity index (χ3v) is 10.5. The number of methoxy groups -OCH3 is 1. The van der Waals surface area contributed by atoms with Crippen LogP contribution in [0.15, 0.2) is 106 Å². The molecule has 0 saturated heterocycles. The molecule has 248 valence electrons. The van der Waals surface area contributed by atoms with E-state index in [0.717, 1.165) is 15.4 Å². The van der Waals surface area contributed by atoms with Crippen molar-refractivity contribution in [1.82, 2.24) is 10.2 Å². The Bertz CT molecular complexity index is 1790. The van der Waals surface area contributed by atoms with Crippen molar-refractivity contribution in [3.8, 4) is 5.75 Å². The number of carbonyl (C=O) groups is 2. The fourth-order valence-corrected chi connectivity index (χ4v) is 7.35. The summed E-state index contributed by atoms with van der Waals surface area (Å²) in [7, 11) is -2.78. The first-order chi connectivity index (χ1) is 22.4. The molecule has 4 aromatic rings. The van der Waals surface area contributed by atoms with Crippen molar-refractivity contribution in [2.45, 2.75) is 57.1 Å². The van der Waals surface area contributed by atoms with Gasteiger partial charge >= 0.3 is 0 Å². The Labute approximate surface area is 290 Å². The van der Waals surface area contributed by atoms with Crippen LogP contribution in [-0.4, -0.2) is 50.9 Å². The Morgan fingerprint density at radius 2 is 1.62 bits per heavy atom. The van der Waals surface area contributed by atoms with Gasteiger partial charge in [0.15, 0.2) is 0 Å². The fourth-order valence-electron chi connectivity index (χ4n) is 5.00. The summed E-state index contributed by atoms with van der Waals surface area (Å²) in [5, 5.41) is 3.52. The minimum absolute atomic E-state index is 0.0285. The number of sulfonamides is 1. The average molecular weight is 741 g/mol. The maximum absolute atomic E-state index is 14.6. The van der Waals surface area contributed by atoms with Gasteiger partial charge in [-0.2, -0.15) is 0 Å². The van der Waals surface area contributed by atoms with Crippen LogP contribution in [-0.2, 0) is 32.6 Å². The van der Waals surface area contributed by atoms with E-state index in [9.17, 15) is 18.0 Å². The van der Waals surface area contributed by atoms with Crippen LogP contribution in [0.2, 0.25) is 5.02 Å². The summed E-state index contributed by atoms with van der Waals surface area (Å²) < 4.78 is 35.4. The molecule has 4 rings (SSSR count). The van der Waals surface area contributed by atoms with Crippen LogP contribution in [0.1, 0.15) is 37.0 Å². The van der Waals surface area contributed by atoms with Crippen LogP contribution in [0.3, 0.4) is 0 Å². The van der Waals surface area contributed by atoms with E-state index < -0.39 is 28.5 Å². The number of halogens is 2. The van der Waals surface area contributed by atoms with Crippen molar-refractivity contribution in [2.75, 3.05) is 18.0 Å². The van der Waals surface area contributed by atoms with E-state index in [1.807, 2.05) is 57.2 Å². The molecule has 0 unspecified atom stereocenters. The molecule has 0 bridgehead atoms. The summed E-state index contributed by atoms with van der Waals surface area (Å²) >= 11 is 9.71.